The summed E-state index contributed by atoms with van der Waals surface area (Å²) < 4.78 is 18.5. The molecular formula is C11H6BrFN2O5S. The van der Waals surface area contributed by atoms with Crippen molar-refractivity contribution >= 4 is 38.9 Å². The van der Waals surface area contributed by atoms with Gasteiger partial charge in [0, 0.05) is 5.38 Å². The first-order chi connectivity index (χ1) is 9.88. The number of hydrogen-bond acceptors (Lipinski definition) is 6. The molecule has 0 aliphatic heterocycles. The van der Waals surface area contributed by atoms with E-state index >= 15 is 0 Å². The van der Waals surface area contributed by atoms with E-state index in [4.69, 9.17) is 9.84 Å². The van der Waals surface area contributed by atoms with Gasteiger partial charge in [0.15, 0.2) is 0 Å². The average molecular weight is 377 g/mol. The van der Waals surface area contributed by atoms with Crippen molar-refractivity contribution in [3.8, 4) is 5.75 Å². The molecule has 0 aliphatic rings. The number of benzene rings is 1. The second-order valence-electron chi connectivity index (χ2n) is 3.73. The minimum absolute atomic E-state index is 0.0860. The summed E-state index contributed by atoms with van der Waals surface area (Å²) in [5.74, 6) is -2.09. The Morgan fingerprint density at radius 3 is 2.86 bits per heavy atom. The van der Waals surface area contributed by atoms with Crippen LogP contribution in [-0.2, 0) is 6.61 Å². The standard InChI is InChI=1S/C11H6BrFN2O5S/c12-7-1-5(13)2-8(15(18)19)9(7)20-3-6-4-21-10(14-6)11(16)17/h1-2,4H,3H2,(H,16,17). The molecule has 1 aromatic carbocycles. The van der Waals surface area contributed by atoms with Crippen LogP contribution in [0.15, 0.2) is 22.0 Å². The first-order valence-electron chi connectivity index (χ1n) is 5.32. The number of aromatic nitrogens is 1. The Bertz CT molecular complexity index is 721. The SMILES string of the molecule is O=C(O)c1nc(COc2c(Br)cc(F)cc2[N+](=O)[O-])cs1. The summed E-state index contributed by atoms with van der Waals surface area (Å²) in [5.41, 5.74) is -0.224. The van der Waals surface area contributed by atoms with Crippen LogP contribution in [0.5, 0.6) is 5.75 Å². The van der Waals surface area contributed by atoms with Crippen LogP contribution in [0.25, 0.3) is 0 Å². The highest BCUT2D eigenvalue weighted by molar-refractivity contribution is 9.10. The predicted molar refractivity (Wildman–Crippen MR) is 74.2 cm³/mol. The molecule has 2 aromatic rings. The molecule has 0 radical (unpaired) electrons. The molecule has 10 heteroatoms. The fraction of sp³-hybridized carbons (Fsp3) is 0.0909. The number of nitro benzene ring substituents is 1. The summed E-state index contributed by atoms with van der Waals surface area (Å²) in [6.45, 7) is -0.172. The number of nitrogens with zero attached hydrogens (tertiary/aromatic N) is 2. The van der Waals surface area contributed by atoms with Gasteiger partial charge in [0.25, 0.3) is 0 Å². The van der Waals surface area contributed by atoms with Crippen molar-refractivity contribution in [1.82, 2.24) is 4.98 Å². The van der Waals surface area contributed by atoms with Crippen molar-refractivity contribution in [3.63, 3.8) is 0 Å². The van der Waals surface area contributed by atoms with E-state index in [0.717, 1.165) is 23.5 Å². The van der Waals surface area contributed by atoms with Crippen molar-refractivity contribution in [3.05, 3.63) is 48.6 Å². The van der Waals surface area contributed by atoms with E-state index in [1.165, 1.54) is 5.38 Å². The summed E-state index contributed by atoms with van der Waals surface area (Å²) in [7, 11) is 0. The van der Waals surface area contributed by atoms with Crippen LogP contribution in [-0.4, -0.2) is 21.0 Å². The summed E-state index contributed by atoms with van der Waals surface area (Å²) in [6, 6.07) is 1.77. The topological polar surface area (TPSA) is 103 Å². The minimum Gasteiger partial charge on any atom is -0.479 e. The summed E-state index contributed by atoms with van der Waals surface area (Å²) >= 11 is 3.90. The molecule has 0 atom stereocenters. The van der Waals surface area contributed by atoms with E-state index in [-0.39, 0.29) is 21.8 Å². The average Bonchev–Trinajstić information content (AvgIpc) is 2.85. The maximum absolute atomic E-state index is 13.2. The summed E-state index contributed by atoms with van der Waals surface area (Å²) in [4.78, 5) is 24.6. The number of ether oxygens (including phenoxy) is 1. The van der Waals surface area contributed by atoms with Crippen LogP contribution in [0.3, 0.4) is 0 Å². The van der Waals surface area contributed by atoms with Crippen LogP contribution >= 0.6 is 27.3 Å². The third-order valence-electron chi connectivity index (χ3n) is 2.28. The van der Waals surface area contributed by atoms with Crippen molar-refractivity contribution < 1.29 is 24.0 Å². The largest absolute Gasteiger partial charge is 0.479 e. The van der Waals surface area contributed by atoms with Gasteiger partial charge < -0.3 is 9.84 Å². The van der Waals surface area contributed by atoms with Gasteiger partial charge in [0.2, 0.25) is 10.8 Å². The van der Waals surface area contributed by atoms with Crippen molar-refractivity contribution in [2.24, 2.45) is 0 Å². The quantitative estimate of drug-likeness (QED) is 0.634. The molecule has 0 spiro atoms. The van der Waals surface area contributed by atoms with Crippen LogP contribution < -0.4 is 4.74 Å². The summed E-state index contributed by atoms with van der Waals surface area (Å²) in [6.07, 6.45) is 0. The molecule has 7 nitrogen and oxygen atoms in total. The van der Waals surface area contributed by atoms with Crippen LogP contribution in [0.1, 0.15) is 15.5 Å². The summed E-state index contributed by atoms with van der Waals surface area (Å²) in [5, 5.41) is 21.0. The first-order valence-corrected chi connectivity index (χ1v) is 6.99. The first kappa shape index (κ1) is 15.3. The molecule has 0 saturated carbocycles. The molecule has 0 aliphatic carbocycles. The van der Waals surface area contributed by atoms with Gasteiger partial charge in [0.1, 0.15) is 12.4 Å². The second kappa shape index (κ2) is 6.14. The Labute approximate surface area is 129 Å². The van der Waals surface area contributed by atoms with Crippen LogP contribution in [0.4, 0.5) is 10.1 Å². The van der Waals surface area contributed by atoms with E-state index < -0.39 is 22.4 Å². The molecule has 0 unspecified atom stereocenters. The fourth-order valence-corrected chi connectivity index (χ4v) is 2.62. The van der Waals surface area contributed by atoms with Gasteiger partial charge in [-0.25, -0.2) is 14.2 Å². The molecule has 2 rings (SSSR count). The highest BCUT2D eigenvalue weighted by Crippen LogP contribution is 2.36. The number of rotatable bonds is 5. The maximum atomic E-state index is 13.2. The Kier molecular flexibility index (Phi) is 4.48. The van der Waals surface area contributed by atoms with Gasteiger partial charge >= 0.3 is 11.7 Å². The maximum Gasteiger partial charge on any atom is 0.365 e. The van der Waals surface area contributed by atoms with Crippen molar-refractivity contribution in [2.75, 3.05) is 0 Å². The number of carboxylic acids is 1. The van der Waals surface area contributed by atoms with Gasteiger partial charge in [-0.1, -0.05) is 0 Å². The number of hydrogen-bond donors (Lipinski definition) is 1. The zero-order valence-electron chi connectivity index (χ0n) is 10.1. The highest BCUT2D eigenvalue weighted by Gasteiger charge is 2.21. The van der Waals surface area contributed by atoms with E-state index in [1.54, 1.807) is 0 Å². The highest BCUT2D eigenvalue weighted by atomic mass is 79.9. The van der Waals surface area contributed by atoms with Gasteiger partial charge in [-0.3, -0.25) is 10.1 Å². The van der Waals surface area contributed by atoms with E-state index in [1.807, 2.05) is 0 Å². The monoisotopic (exact) mass is 376 g/mol. The third-order valence-corrected chi connectivity index (χ3v) is 3.75. The number of nitro groups is 1. The number of halogens is 2. The van der Waals surface area contributed by atoms with Crippen molar-refractivity contribution in [2.45, 2.75) is 6.61 Å². The number of carbonyl (C=O) groups is 1. The van der Waals surface area contributed by atoms with E-state index in [2.05, 4.69) is 20.9 Å². The zero-order chi connectivity index (χ0) is 15.6. The van der Waals surface area contributed by atoms with Gasteiger partial charge in [-0.2, -0.15) is 0 Å². The Morgan fingerprint density at radius 1 is 1.57 bits per heavy atom. The molecule has 110 valence electrons. The lowest BCUT2D eigenvalue weighted by atomic mass is 10.3. The van der Waals surface area contributed by atoms with Gasteiger partial charge in [0.05, 0.1) is 21.2 Å². The lowest BCUT2D eigenvalue weighted by Gasteiger charge is -2.07. The molecule has 1 heterocycles. The molecule has 0 fully saturated rings. The number of aromatic carboxylic acids is 1. The van der Waals surface area contributed by atoms with E-state index in [0.29, 0.717) is 5.69 Å². The van der Waals surface area contributed by atoms with Gasteiger partial charge in [-0.05, 0) is 22.0 Å². The number of thiazole rings is 1. The number of carboxylic acid groups (broad SMARTS) is 1. The lowest BCUT2D eigenvalue weighted by Crippen LogP contribution is -2.02. The molecule has 0 bridgehead atoms. The molecule has 0 saturated heterocycles. The predicted octanol–water partition coefficient (Wildman–Crippen LogP) is 3.23. The second-order valence-corrected chi connectivity index (χ2v) is 5.44. The molecule has 0 amide bonds. The smallest absolute Gasteiger partial charge is 0.365 e. The molecular weight excluding hydrogens is 371 g/mol. The van der Waals surface area contributed by atoms with Crippen LogP contribution in [0.2, 0.25) is 0 Å². The molecule has 1 N–H and O–H groups in total. The lowest BCUT2D eigenvalue weighted by molar-refractivity contribution is -0.386. The Balaban J connectivity index is 2.23. The fourth-order valence-electron chi connectivity index (χ4n) is 1.44. The van der Waals surface area contributed by atoms with Crippen molar-refractivity contribution in [1.29, 1.82) is 0 Å². The molecule has 1 aromatic heterocycles. The normalized spacial score (nSPS) is 10.4. The molecule has 21 heavy (non-hydrogen) atoms. The van der Waals surface area contributed by atoms with Crippen LogP contribution in [0, 0.1) is 15.9 Å². The zero-order valence-corrected chi connectivity index (χ0v) is 12.5. The Morgan fingerprint density at radius 2 is 2.29 bits per heavy atom. The van der Waals surface area contributed by atoms with Gasteiger partial charge in [-0.15, -0.1) is 11.3 Å². The Hall–Kier alpha value is -2.07. The third kappa shape index (κ3) is 3.52. The minimum atomic E-state index is -1.17. The van der Waals surface area contributed by atoms with E-state index in [9.17, 15) is 19.3 Å².